The van der Waals surface area contributed by atoms with Gasteiger partial charge in [-0.2, -0.15) is 0 Å². The van der Waals surface area contributed by atoms with E-state index in [4.69, 9.17) is 9.84 Å². The van der Waals surface area contributed by atoms with Crippen LogP contribution in [0.25, 0.3) is 6.08 Å². The molecule has 1 saturated carbocycles. The molecule has 3 unspecified atom stereocenters. The molecule has 1 fully saturated rings. The number of carboxylic acid groups (broad SMARTS) is 1. The zero-order valence-corrected chi connectivity index (χ0v) is 13.0. The van der Waals surface area contributed by atoms with E-state index in [1.807, 2.05) is 25.1 Å². The van der Waals surface area contributed by atoms with Crippen LogP contribution < -0.4 is 4.74 Å². The number of ether oxygens (including phenoxy) is 1. The first-order chi connectivity index (χ1) is 9.97. The van der Waals surface area contributed by atoms with Crippen molar-refractivity contribution in [3.8, 4) is 5.75 Å². The van der Waals surface area contributed by atoms with Crippen LogP contribution in [0.1, 0.15) is 44.2 Å². The second-order valence-corrected chi connectivity index (χ2v) is 6.17. The van der Waals surface area contributed by atoms with E-state index in [9.17, 15) is 4.79 Å². The van der Waals surface area contributed by atoms with Gasteiger partial charge < -0.3 is 9.84 Å². The first-order valence-electron chi connectivity index (χ1n) is 7.64. The van der Waals surface area contributed by atoms with E-state index in [1.165, 1.54) is 6.42 Å². The fourth-order valence-electron chi connectivity index (χ4n) is 2.90. The summed E-state index contributed by atoms with van der Waals surface area (Å²) in [5.41, 5.74) is 1.89. The molecular weight excluding hydrogens is 264 g/mol. The van der Waals surface area contributed by atoms with Gasteiger partial charge in [-0.1, -0.05) is 32.0 Å². The summed E-state index contributed by atoms with van der Waals surface area (Å²) in [6, 6.07) is 5.83. The Morgan fingerprint density at radius 3 is 2.71 bits per heavy atom. The highest BCUT2D eigenvalue weighted by atomic mass is 16.5. The van der Waals surface area contributed by atoms with Crippen molar-refractivity contribution in [3.63, 3.8) is 0 Å². The standard InChI is InChI=1S/C18H24O3/c1-12-7-9-16(11-14(12)3)21-18-13(2)5-4-6-15(18)8-10-17(19)20/h4-6,8,10,12,14,16H,7,9,11H2,1-3H3,(H,19,20)/b10-8+. The van der Waals surface area contributed by atoms with Crippen LogP contribution in [0.2, 0.25) is 0 Å². The molecular formula is C18H24O3. The number of carbonyl (C=O) groups is 1. The van der Waals surface area contributed by atoms with E-state index in [0.29, 0.717) is 5.92 Å². The van der Waals surface area contributed by atoms with Crippen LogP contribution in [-0.4, -0.2) is 17.2 Å². The average molecular weight is 288 g/mol. The summed E-state index contributed by atoms with van der Waals surface area (Å²) >= 11 is 0. The van der Waals surface area contributed by atoms with Crippen molar-refractivity contribution >= 4 is 12.0 Å². The second kappa shape index (κ2) is 6.79. The summed E-state index contributed by atoms with van der Waals surface area (Å²) in [4.78, 5) is 10.7. The van der Waals surface area contributed by atoms with E-state index >= 15 is 0 Å². The summed E-state index contributed by atoms with van der Waals surface area (Å²) < 4.78 is 6.22. The lowest BCUT2D eigenvalue weighted by Crippen LogP contribution is -2.29. The maximum absolute atomic E-state index is 10.7. The first-order valence-corrected chi connectivity index (χ1v) is 7.64. The largest absolute Gasteiger partial charge is 0.490 e. The summed E-state index contributed by atoms with van der Waals surface area (Å²) in [7, 11) is 0. The van der Waals surface area contributed by atoms with Gasteiger partial charge in [0.05, 0.1) is 6.10 Å². The highest BCUT2D eigenvalue weighted by molar-refractivity contribution is 5.86. The summed E-state index contributed by atoms with van der Waals surface area (Å²) in [5.74, 6) is 1.31. The molecule has 3 heteroatoms. The molecule has 0 aliphatic heterocycles. The molecule has 1 aliphatic carbocycles. The van der Waals surface area contributed by atoms with Gasteiger partial charge in [0.15, 0.2) is 0 Å². The van der Waals surface area contributed by atoms with Gasteiger partial charge in [-0.05, 0) is 49.7 Å². The molecule has 1 aromatic rings. The van der Waals surface area contributed by atoms with Crippen LogP contribution in [0.4, 0.5) is 0 Å². The molecule has 3 nitrogen and oxygen atoms in total. The van der Waals surface area contributed by atoms with Crippen molar-refractivity contribution in [2.75, 3.05) is 0 Å². The van der Waals surface area contributed by atoms with Crippen LogP contribution in [0, 0.1) is 18.8 Å². The number of para-hydroxylation sites is 1. The van der Waals surface area contributed by atoms with Gasteiger partial charge in [0.2, 0.25) is 0 Å². The van der Waals surface area contributed by atoms with Crippen molar-refractivity contribution < 1.29 is 14.6 Å². The third-order valence-electron chi connectivity index (χ3n) is 4.48. The number of aliphatic carboxylic acids is 1. The van der Waals surface area contributed by atoms with Crippen LogP contribution in [0.15, 0.2) is 24.3 Å². The molecule has 1 aliphatic rings. The monoisotopic (exact) mass is 288 g/mol. The summed E-state index contributed by atoms with van der Waals surface area (Å²) in [6.45, 7) is 6.58. The second-order valence-electron chi connectivity index (χ2n) is 6.17. The van der Waals surface area contributed by atoms with E-state index in [0.717, 1.165) is 41.7 Å². The van der Waals surface area contributed by atoms with E-state index in [2.05, 4.69) is 13.8 Å². The summed E-state index contributed by atoms with van der Waals surface area (Å²) in [6.07, 6.45) is 6.33. The molecule has 21 heavy (non-hydrogen) atoms. The molecule has 2 rings (SSSR count). The average Bonchev–Trinajstić information content (AvgIpc) is 2.43. The molecule has 1 aromatic carbocycles. The minimum Gasteiger partial charge on any atom is -0.490 e. The van der Waals surface area contributed by atoms with Gasteiger partial charge in [0, 0.05) is 11.6 Å². The Kier molecular flexibility index (Phi) is 5.05. The van der Waals surface area contributed by atoms with Crippen molar-refractivity contribution in [2.45, 2.75) is 46.1 Å². The third-order valence-corrected chi connectivity index (χ3v) is 4.48. The van der Waals surface area contributed by atoms with Gasteiger partial charge in [0.1, 0.15) is 5.75 Å². The smallest absolute Gasteiger partial charge is 0.328 e. The minimum atomic E-state index is -0.942. The van der Waals surface area contributed by atoms with Crippen molar-refractivity contribution in [2.24, 2.45) is 11.8 Å². The molecule has 0 saturated heterocycles. The predicted molar refractivity (Wildman–Crippen MR) is 84.4 cm³/mol. The van der Waals surface area contributed by atoms with Crippen LogP contribution in [-0.2, 0) is 4.79 Å². The number of carboxylic acids is 1. The molecule has 0 radical (unpaired) electrons. The normalized spacial score (nSPS) is 26.0. The number of rotatable bonds is 4. The molecule has 0 aromatic heterocycles. The van der Waals surface area contributed by atoms with Gasteiger partial charge in [-0.25, -0.2) is 4.79 Å². The Balaban J connectivity index is 2.17. The fourth-order valence-corrected chi connectivity index (χ4v) is 2.90. The number of aryl methyl sites for hydroxylation is 1. The molecule has 0 amide bonds. The Bertz CT molecular complexity index is 533. The first kappa shape index (κ1) is 15.6. The fraction of sp³-hybridized carbons (Fsp3) is 0.500. The Labute approximate surface area is 126 Å². The zero-order chi connectivity index (χ0) is 15.4. The number of hydrogen-bond acceptors (Lipinski definition) is 2. The van der Waals surface area contributed by atoms with Crippen molar-refractivity contribution in [1.82, 2.24) is 0 Å². The Hall–Kier alpha value is -1.77. The van der Waals surface area contributed by atoms with Gasteiger partial charge in [-0.3, -0.25) is 0 Å². The van der Waals surface area contributed by atoms with E-state index in [1.54, 1.807) is 6.08 Å². The lowest BCUT2D eigenvalue weighted by Gasteiger charge is -2.33. The Morgan fingerprint density at radius 2 is 2.05 bits per heavy atom. The highest BCUT2D eigenvalue weighted by Crippen LogP contribution is 2.34. The highest BCUT2D eigenvalue weighted by Gasteiger charge is 2.26. The molecule has 0 bridgehead atoms. The minimum absolute atomic E-state index is 0.231. The molecule has 0 spiro atoms. The van der Waals surface area contributed by atoms with E-state index in [-0.39, 0.29) is 6.10 Å². The van der Waals surface area contributed by atoms with Crippen LogP contribution in [0.3, 0.4) is 0 Å². The van der Waals surface area contributed by atoms with Crippen LogP contribution >= 0.6 is 0 Å². The topological polar surface area (TPSA) is 46.5 Å². The number of benzene rings is 1. The Morgan fingerprint density at radius 1 is 1.29 bits per heavy atom. The zero-order valence-electron chi connectivity index (χ0n) is 13.0. The maximum Gasteiger partial charge on any atom is 0.328 e. The number of hydrogen-bond donors (Lipinski definition) is 1. The molecule has 1 N–H and O–H groups in total. The van der Waals surface area contributed by atoms with Crippen LogP contribution in [0.5, 0.6) is 5.75 Å². The van der Waals surface area contributed by atoms with Gasteiger partial charge in [-0.15, -0.1) is 0 Å². The maximum atomic E-state index is 10.7. The third kappa shape index (κ3) is 4.10. The SMILES string of the molecule is Cc1cccc(/C=C/C(=O)O)c1OC1CCC(C)C(C)C1. The van der Waals surface area contributed by atoms with Crippen molar-refractivity contribution in [1.29, 1.82) is 0 Å². The quantitative estimate of drug-likeness (QED) is 0.840. The molecule has 0 heterocycles. The molecule has 114 valence electrons. The van der Waals surface area contributed by atoms with Crippen molar-refractivity contribution in [3.05, 3.63) is 35.4 Å². The molecule has 3 atom stereocenters. The lowest BCUT2D eigenvalue weighted by molar-refractivity contribution is -0.131. The predicted octanol–water partition coefficient (Wildman–Crippen LogP) is 4.30. The van der Waals surface area contributed by atoms with Gasteiger partial charge in [0.25, 0.3) is 0 Å². The van der Waals surface area contributed by atoms with E-state index < -0.39 is 5.97 Å². The lowest BCUT2D eigenvalue weighted by atomic mass is 9.80. The summed E-state index contributed by atoms with van der Waals surface area (Å²) in [5, 5.41) is 8.79. The van der Waals surface area contributed by atoms with Gasteiger partial charge >= 0.3 is 5.97 Å².